The van der Waals surface area contributed by atoms with Crippen molar-refractivity contribution in [2.75, 3.05) is 6.61 Å². The molecule has 0 radical (unpaired) electrons. The summed E-state index contributed by atoms with van der Waals surface area (Å²) in [5.41, 5.74) is 5.77. The van der Waals surface area contributed by atoms with E-state index in [-0.39, 0.29) is 37.8 Å². The first kappa shape index (κ1) is 27.1. The molecule has 0 fully saturated rings. The van der Waals surface area contributed by atoms with Crippen LogP contribution in [0.5, 0.6) is 0 Å². The van der Waals surface area contributed by atoms with Gasteiger partial charge < -0.3 is 14.6 Å². The minimum absolute atomic E-state index is 0.0668. The molecule has 0 saturated carbocycles. The third-order valence-electron chi connectivity index (χ3n) is 6.68. The molecule has 198 valence electrons. The maximum Gasteiger partial charge on any atom is 0.307 e. The van der Waals surface area contributed by atoms with Gasteiger partial charge >= 0.3 is 17.9 Å². The Morgan fingerprint density at radius 1 is 0.816 bits per heavy atom. The summed E-state index contributed by atoms with van der Waals surface area (Å²) in [5, 5.41) is 9.76. The Kier molecular flexibility index (Phi) is 8.30. The average Bonchev–Trinajstić information content (AvgIpc) is 3.19. The van der Waals surface area contributed by atoms with Gasteiger partial charge in [0.1, 0.15) is 12.2 Å². The van der Waals surface area contributed by atoms with Crippen LogP contribution in [-0.4, -0.2) is 35.2 Å². The highest BCUT2D eigenvalue weighted by atomic mass is 16.6. The van der Waals surface area contributed by atoms with E-state index in [2.05, 4.69) is 12.1 Å². The minimum atomic E-state index is -1.03. The second-order valence-electron chi connectivity index (χ2n) is 10.8. The van der Waals surface area contributed by atoms with E-state index in [9.17, 15) is 19.5 Å². The topological polar surface area (TPSA) is 89.9 Å². The number of ether oxygens (including phenoxy) is 2. The van der Waals surface area contributed by atoms with E-state index in [1.54, 1.807) is 0 Å². The summed E-state index contributed by atoms with van der Waals surface area (Å²) in [5.74, 6) is -2.77. The van der Waals surface area contributed by atoms with Gasteiger partial charge in [0.25, 0.3) is 0 Å². The van der Waals surface area contributed by atoms with E-state index >= 15 is 0 Å². The zero-order valence-corrected chi connectivity index (χ0v) is 22.1. The second-order valence-corrected chi connectivity index (χ2v) is 10.8. The number of hydrogen-bond acceptors (Lipinski definition) is 5. The predicted octanol–water partition coefficient (Wildman–Crippen LogP) is 5.95. The highest BCUT2D eigenvalue weighted by Crippen LogP contribution is 2.44. The zero-order chi connectivity index (χ0) is 27.3. The van der Waals surface area contributed by atoms with E-state index in [0.717, 1.165) is 33.4 Å². The van der Waals surface area contributed by atoms with Gasteiger partial charge in [-0.15, -0.1) is 0 Å². The maximum atomic E-state index is 12.7. The van der Waals surface area contributed by atoms with Crippen LogP contribution in [-0.2, 0) is 36.7 Å². The van der Waals surface area contributed by atoms with Crippen LogP contribution in [0.4, 0.5) is 0 Å². The van der Waals surface area contributed by atoms with Crippen molar-refractivity contribution >= 4 is 17.9 Å². The average molecular weight is 515 g/mol. The lowest BCUT2D eigenvalue weighted by Gasteiger charge is -2.19. The number of carboxylic acids is 1. The molecule has 6 heteroatoms. The molecule has 0 amide bonds. The lowest BCUT2D eigenvalue weighted by Crippen LogP contribution is -2.24. The van der Waals surface area contributed by atoms with Crippen molar-refractivity contribution in [3.63, 3.8) is 0 Å². The molecule has 0 aromatic heterocycles. The van der Waals surface area contributed by atoms with Crippen molar-refractivity contribution in [1.82, 2.24) is 0 Å². The number of aryl methyl sites for hydroxylation is 1. The second kappa shape index (κ2) is 11.6. The highest BCUT2D eigenvalue weighted by molar-refractivity contribution is 5.80. The molecule has 0 bridgehead atoms. The van der Waals surface area contributed by atoms with Gasteiger partial charge in [-0.3, -0.25) is 14.4 Å². The number of rotatable bonds is 10. The van der Waals surface area contributed by atoms with Crippen LogP contribution >= 0.6 is 0 Å². The molecule has 0 aliphatic heterocycles. The number of carbonyl (C=O) groups excluding carboxylic acids is 2. The molecule has 1 N–H and O–H groups in total. The first-order valence-corrected chi connectivity index (χ1v) is 13.0. The lowest BCUT2D eigenvalue weighted by molar-refractivity contribution is -0.154. The van der Waals surface area contributed by atoms with Crippen LogP contribution in [0.15, 0.2) is 72.8 Å². The van der Waals surface area contributed by atoms with Crippen molar-refractivity contribution in [2.45, 2.75) is 58.0 Å². The summed E-state index contributed by atoms with van der Waals surface area (Å²) in [7, 11) is 0. The Bertz CT molecular complexity index is 1260. The fourth-order valence-corrected chi connectivity index (χ4v) is 4.89. The third-order valence-corrected chi connectivity index (χ3v) is 6.68. The molecular weight excluding hydrogens is 480 g/mol. The van der Waals surface area contributed by atoms with Crippen molar-refractivity contribution in [3.05, 3.63) is 95.1 Å². The van der Waals surface area contributed by atoms with Crippen LogP contribution in [0.3, 0.4) is 0 Å². The zero-order valence-electron chi connectivity index (χ0n) is 22.1. The molecule has 0 unspecified atom stereocenters. The summed E-state index contributed by atoms with van der Waals surface area (Å²) >= 11 is 0. The predicted molar refractivity (Wildman–Crippen MR) is 145 cm³/mol. The molecule has 3 aromatic rings. The molecule has 4 rings (SSSR count). The van der Waals surface area contributed by atoms with Crippen LogP contribution in [0.2, 0.25) is 0 Å². The van der Waals surface area contributed by atoms with Crippen molar-refractivity contribution in [2.24, 2.45) is 5.92 Å². The third kappa shape index (κ3) is 6.88. The fourth-order valence-electron chi connectivity index (χ4n) is 4.89. The van der Waals surface area contributed by atoms with E-state index < -0.39 is 23.5 Å². The van der Waals surface area contributed by atoms with Gasteiger partial charge in [0, 0.05) is 12.3 Å². The summed E-state index contributed by atoms with van der Waals surface area (Å²) in [4.78, 5) is 36.6. The molecule has 0 spiro atoms. The largest absolute Gasteiger partial charge is 0.481 e. The van der Waals surface area contributed by atoms with E-state index in [1.807, 2.05) is 81.4 Å². The molecule has 6 nitrogen and oxygen atoms in total. The van der Waals surface area contributed by atoms with Gasteiger partial charge in [0.05, 0.1) is 12.3 Å². The first-order valence-electron chi connectivity index (χ1n) is 13.0. The minimum Gasteiger partial charge on any atom is -0.481 e. The van der Waals surface area contributed by atoms with Gasteiger partial charge in [0.2, 0.25) is 0 Å². The molecule has 1 aliphatic rings. The number of hydrogen-bond donors (Lipinski definition) is 1. The molecule has 0 saturated heterocycles. The van der Waals surface area contributed by atoms with E-state index in [1.165, 1.54) is 0 Å². The van der Waals surface area contributed by atoms with Crippen LogP contribution in [0.1, 0.15) is 61.8 Å². The molecule has 0 heterocycles. The Morgan fingerprint density at radius 3 is 1.92 bits per heavy atom. The van der Waals surface area contributed by atoms with E-state index in [4.69, 9.17) is 9.47 Å². The van der Waals surface area contributed by atoms with Crippen molar-refractivity contribution in [1.29, 1.82) is 0 Å². The van der Waals surface area contributed by atoms with Crippen LogP contribution in [0, 0.1) is 5.92 Å². The fraction of sp³-hybridized carbons (Fsp3) is 0.344. The van der Waals surface area contributed by atoms with Gasteiger partial charge in [-0.25, -0.2) is 0 Å². The Morgan fingerprint density at radius 2 is 1.37 bits per heavy atom. The lowest BCUT2D eigenvalue weighted by atomic mass is 9.95. The quantitative estimate of drug-likeness (QED) is 0.336. The number of fused-ring (bicyclic) bond motifs is 3. The summed E-state index contributed by atoms with van der Waals surface area (Å²) in [6.45, 7) is 5.68. The standard InChI is InChI=1S/C32H34O6/c1-32(2,3)38-29(33)17-16-21-12-14-22(15-13-21)18-23(31(35)36)19-30(34)37-20-28-26-10-6-4-8-24(26)25-9-5-7-11-27(25)28/h4-15,23,28H,16-20H2,1-3H3,(H,35,36)/t23-/m1/s1. The monoisotopic (exact) mass is 514 g/mol. The molecule has 1 aliphatic carbocycles. The van der Waals surface area contributed by atoms with Gasteiger partial charge in [-0.2, -0.15) is 0 Å². The number of carbonyl (C=O) groups is 3. The summed E-state index contributed by atoms with van der Waals surface area (Å²) < 4.78 is 11.0. The SMILES string of the molecule is CC(C)(C)OC(=O)CCc1ccc(C[C@H](CC(=O)OCC2c3ccccc3-c3ccccc32)C(=O)O)cc1. The number of aliphatic carboxylic acids is 1. The number of esters is 2. The smallest absolute Gasteiger partial charge is 0.307 e. The molecule has 3 aromatic carbocycles. The Labute approximate surface area is 223 Å². The van der Waals surface area contributed by atoms with Crippen molar-refractivity contribution < 1.29 is 29.0 Å². The van der Waals surface area contributed by atoms with E-state index in [0.29, 0.717) is 6.42 Å². The maximum absolute atomic E-state index is 12.7. The van der Waals surface area contributed by atoms with Gasteiger partial charge in [0.15, 0.2) is 0 Å². The number of benzene rings is 3. The molecule has 38 heavy (non-hydrogen) atoms. The molecule has 1 atom stereocenters. The van der Waals surface area contributed by atoms with Crippen LogP contribution < -0.4 is 0 Å². The highest BCUT2D eigenvalue weighted by Gasteiger charge is 2.30. The normalized spacial score (nSPS) is 13.3. The summed E-state index contributed by atoms with van der Waals surface area (Å²) in [6.07, 6.45) is 0.824. The Balaban J connectivity index is 1.31. The number of carboxylic acid groups (broad SMARTS) is 1. The summed E-state index contributed by atoms with van der Waals surface area (Å²) in [6, 6.07) is 23.6. The molecular formula is C32H34O6. The first-order chi connectivity index (χ1) is 18.1. The van der Waals surface area contributed by atoms with Crippen molar-refractivity contribution in [3.8, 4) is 11.1 Å². The van der Waals surface area contributed by atoms with Crippen LogP contribution in [0.25, 0.3) is 11.1 Å². The van der Waals surface area contributed by atoms with Gasteiger partial charge in [-0.05, 0) is 67.0 Å². The van der Waals surface area contributed by atoms with Gasteiger partial charge in [-0.1, -0.05) is 72.8 Å². The Hall–Kier alpha value is -3.93.